The first-order valence-corrected chi connectivity index (χ1v) is 7.98. The first-order chi connectivity index (χ1) is 10.7. The van der Waals surface area contributed by atoms with Gasteiger partial charge in [0.15, 0.2) is 0 Å². The molecule has 0 fully saturated rings. The molecule has 114 valence electrons. The molecule has 2 nitrogen and oxygen atoms in total. The van der Waals surface area contributed by atoms with Gasteiger partial charge in [-0.2, -0.15) is 0 Å². The second kappa shape index (κ2) is 6.07. The maximum atomic E-state index is 10.5. The lowest BCUT2D eigenvalue weighted by Crippen LogP contribution is -2.04. The van der Waals surface area contributed by atoms with E-state index in [1.54, 1.807) is 0 Å². The lowest BCUT2D eigenvalue weighted by Gasteiger charge is -2.21. The highest BCUT2D eigenvalue weighted by atomic mass is 16.3. The number of hydrogen-bond acceptors (Lipinski definition) is 2. The van der Waals surface area contributed by atoms with Gasteiger partial charge in [0.05, 0.1) is 12.2 Å². The van der Waals surface area contributed by atoms with Gasteiger partial charge in [-0.15, -0.1) is 0 Å². The fraction of sp³-hybridized carbons (Fsp3) is 0.300. The Balaban J connectivity index is 2.53. The number of aliphatic hydroxyl groups is 2. The van der Waals surface area contributed by atoms with E-state index < -0.39 is 12.2 Å². The Morgan fingerprint density at radius 2 is 0.909 bits per heavy atom. The van der Waals surface area contributed by atoms with Crippen LogP contribution in [-0.4, -0.2) is 10.2 Å². The highest BCUT2D eigenvalue weighted by Gasteiger charge is 2.20. The molecule has 0 saturated carbocycles. The number of benzene rings is 3. The third kappa shape index (κ3) is 2.29. The predicted octanol–water partition coefficient (Wildman–Crippen LogP) is 4.88. The van der Waals surface area contributed by atoms with Gasteiger partial charge < -0.3 is 10.2 Å². The summed E-state index contributed by atoms with van der Waals surface area (Å²) in [4.78, 5) is 0. The largest absolute Gasteiger partial charge is 0.388 e. The summed E-state index contributed by atoms with van der Waals surface area (Å²) in [6.07, 6.45) is 0.345. The Morgan fingerprint density at radius 1 is 0.636 bits per heavy atom. The second-order valence-electron chi connectivity index (χ2n) is 5.77. The summed E-state index contributed by atoms with van der Waals surface area (Å²) < 4.78 is 0. The molecule has 0 aliphatic rings. The summed E-state index contributed by atoms with van der Waals surface area (Å²) in [5, 5.41) is 25.3. The van der Waals surface area contributed by atoms with Crippen molar-refractivity contribution in [1.82, 2.24) is 0 Å². The van der Waals surface area contributed by atoms with Gasteiger partial charge in [0, 0.05) is 0 Å². The maximum absolute atomic E-state index is 10.5. The minimum atomic E-state index is -0.498. The van der Waals surface area contributed by atoms with Gasteiger partial charge in [-0.25, -0.2) is 0 Å². The maximum Gasteiger partial charge on any atom is 0.0799 e. The topological polar surface area (TPSA) is 40.5 Å². The zero-order valence-electron chi connectivity index (χ0n) is 13.1. The van der Waals surface area contributed by atoms with Crippen LogP contribution in [0.25, 0.3) is 21.5 Å². The van der Waals surface area contributed by atoms with Crippen LogP contribution < -0.4 is 0 Å². The van der Waals surface area contributed by atoms with Gasteiger partial charge in [0.25, 0.3) is 0 Å². The molecule has 0 radical (unpaired) electrons. The molecule has 0 aromatic heterocycles. The summed E-state index contributed by atoms with van der Waals surface area (Å²) in [5.41, 5.74) is 1.95. The van der Waals surface area contributed by atoms with Crippen molar-refractivity contribution in [3.05, 3.63) is 59.7 Å². The van der Waals surface area contributed by atoms with Crippen molar-refractivity contribution in [3.8, 4) is 0 Å². The molecule has 0 saturated heterocycles. The van der Waals surface area contributed by atoms with Crippen molar-refractivity contribution >= 4 is 21.5 Å². The van der Waals surface area contributed by atoms with Crippen LogP contribution in [-0.2, 0) is 0 Å². The highest BCUT2D eigenvalue weighted by molar-refractivity contribution is 6.06. The quantitative estimate of drug-likeness (QED) is 0.673. The summed E-state index contributed by atoms with van der Waals surface area (Å²) in [6.45, 7) is 3.98. The van der Waals surface area contributed by atoms with E-state index in [0.717, 1.165) is 32.7 Å². The third-order valence-corrected chi connectivity index (χ3v) is 4.45. The van der Waals surface area contributed by atoms with Crippen LogP contribution in [0.5, 0.6) is 0 Å². The summed E-state index contributed by atoms with van der Waals surface area (Å²) >= 11 is 0. The van der Waals surface area contributed by atoms with Gasteiger partial charge in [-0.05, 0) is 45.5 Å². The van der Waals surface area contributed by atoms with E-state index in [9.17, 15) is 10.2 Å². The molecule has 0 amide bonds. The summed E-state index contributed by atoms with van der Waals surface area (Å²) in [7, 11) is 0. The van der Waals surface area contributed by atoms with Gasteiger partial charge in [-0.1, -0.05) is 62.4 Å². The van der Waals surface area contributed by atoms with Gasteiger partial charge in [-0.3, -0.25) is 0 Å². The number of rotatable bonds is 4. The van der Waals surface area contributed by atoms with Gasteiger partial charge in [0.2, 0.25) is 0 Å². The lowest BCUT2D eigenvalue weighted by molar-refractivity contribution is 0.174. The van der Waals surface area contributed by atoms with E-state index in [1.165, 1.54) is 0 Å². The van der Waals surface area contributed by atoms with Crippen LogP contribution in [0.3, 0.4) is 0 Å². The van der Waals surface area contributed by atoms with Crippen LogP contribution in [0.4, 0.5) is 0 Å². The standard InChI is InChI=1S/C20H22O2/c1-3-17(21)19-13-9-5-7-11-15(13)20(18(22)4-2)16-12-8-6-10-14(16)19/h5-12,17-18,21-22H,3-4H2,1-2H3. The normalized spacial score (nSPS) is 14.4. The fourth-order valence-electron chi connectivity index (χ4n) is 3.32. The predicted molar refractivity (Wildman–Crippen MR) is 92.0 cm³/mol. The van der Waals surface area contributed by atoms with E-state index in [0.29, 0.717) is 12.8 Å². The Kier molecular flexibility index (Phi) is 4.14. The molecule has 2 heteroatoms. The van der Waals surface area contributed by atoms with E-state index >= 15 is 0 Å². The summed E-state index contributed by atoms with van der Waals surface area (Å²) in [5.74, 6) is 0. The Labute approximate surface area is 131 Å². The minimum absolute atomic E-state index is 0.498. The van der Waals surface area contributed by atoms with Crippen LogP contribution in [0.2, 0.25) is 0 Å². The van der Waals surface area contributed by atoms with Crippen molar-refractivity contribution < 1.29 is 10.2 Å². The van der Waals surface area contributed by atoms with Gasteiger partial charge in [0.1, 0.15) is 0 Å². The van der Waals surface area contributed by atoms with Crippen LogP contribution in [0.15, 0.2) is 48.5 Å². The second-order valence-corrected chi connectivity index (χ2v) is 5.77. The SMILES string of the molecule is CCC(O)c1c2ccccc2c(C(O)CC)c2ccccc12. The molecule has 2 N–H and O–H groups in total. The Morgan fingerprint density at radius 3 is 1.14 bits per heavy atom. The van der Waals surface area contributed by atoms with E-state index in [4.69, 9.17) is 0 Å². The number of aliphatic hydroxyl groups excluding tert-OH is 2. The molecule has 3 aromatic rings. The molecule has 22 heavy (non-hydrogen) atoms. The Bertz CT molecular complexity index is 682. The zero-order valence-corrected chi connectivity index (χ0v) is 13.1. The third-order valence-electron chi connectivity index (χ3n) is 4.45. The average Bonchev–Trinajstić information content (AvgIpc) is 2.58. The molecule has 2 atom stereocenters. The van der Waals surface area contributed by atoms with Crippen molar-refractivity contribution in [2.75, 3.05) is 0 Å². The van der Waals surface area contributed by atoms with Crippen molar-refractivity contribution in [1.29, 1.82) is 0 Å². The van der Waals surface area contributed by atoms with Crippen molar-refractivity contribution in [2.24, 2.45) is 0 Å². The molecule has 2 unspecified atom stereocenters. The first-order valence-electron chi connectivity index (χ1n) is 7.98. The van der Waals surface area contributed by atoms with E-state index in [-0.39, 0.29) is 0 Å². The number of hydrogen-bond donors (Lipinski definition) is 2. The smallest absolute Gasteiger partial charge is 0.0799 e. The van der Waals surface area contributed by atoms with E-state index in [2.05, 4.69) is 0 Å². The zero-order chi connectivity index (χ0) is 15.7. The van der Waals surface area contributed by atoms with Crippen LogP contribution >= 0.6 is 0 Å². The van der Waals surface area contributed by atoms with Crippen molar-refractivity contribution in [3.63, 3.8) is 0 Å². The fourth-order valence-corrected chi connectivity index (χ4v) is 3.32. The molecule has 3 aromatic carbocycles. The van der Waals surface area contributed by atoms with Gasteiger partial charge >= 0.3 is 0 Å². The van der Waals surface area contributed by atoms with Crippen LogP contribution in [0, 0.1) is 0 Å². The molecular weight excluding hydrogens is 272 g/mol. The Hall–Kier alpha value is -1.90. The van der Waals surface area contributed by atoms with Crippen molar-refractivity contribution in [2.45, 2.75) is 38.9 Å². The monoisotopic (exact) mass is 294 g/mol. The average molecular weight is 294 g/mol. The molecule has 3 rings (SSSR count). The molecule has 0 spiro atoms. The first kappa shape index (κ1) is 15.0. The summed E-state index contributed by atoms with van der Waals surface area (Å²) in [6, 6.07) is 16.1. The molecule has 0 heterocycles. The molecule has 0 bridgehead atoms. The minimum Gasteiger partial charge on any atom is -0.388 e. The number of fused-ring (bicyclic) bond motifs is 2. The van der Waals surface area contributed by atoms with Crippen LogP contribution in [0.1, 0.15) is 50.0 Å². The molecular formula is C20H22O2. The lowest BCUT2D eigenvalue weighted by atomic mass is 9.86. The van der Waals surface area contributed by atoms with E-state index in [1.807, 2.05) is 62.4 Å². The molecule has 0 aliphatic carbocycles. The molecule has 0 aliphatic heterocycles. The highest BCUT2D eigenvalue weighted by Crippen LogP contribution is 2.40.